The van der Waals surface area contributed by atoms with Crippen molar-refractivity contribution in [1.29, 1.82) is 0 Å². The maximum atomic E-state index is 6.38. The lowest BCUT2D eigenvalue weighted by atomic mass is 9.99. The van der Waals surface area contributed by atoms with Crippen molar-refractivity contribution in [3.63, 3.8) is 0 Å². The van der Waals surface area contributed by atoms with Crippen LogP contribution in [0, 0.1) is 0 Å². The van der Waals surface area contributed by atoms with Gasteiger partial charge in [0.25, 0.3) is 0 Å². The van der Waals surface area contributed by atoms with Crippen molar-refractivity contribution in [1.82, 2.24) is 4.98 Å². The van der Waals surface area contributed by atoms with E-state index < -0.39 is 0 Å². The number of rotatable bonds is 6. The molecule has 0 bridgehead atoms. The van der Waals surface area contributed by atoms with E-state index in [0.717, 1.165) is 40.1 Å². The van der Waals surface area contributed by atoms with Crippen molar-refractivity contribution in [2.45, 2.75) is 12.5 Å². The molecule has 0 saturated heterocycles. The molecule has 0 aliphatic heterocycles. The Morgan fingerprint density at radius 1 is 0.929 bits per heavy atom. The number of anilines is 2. The minimum absolute atomic E-state index is 0.0321. The molecule has 0 amide bonds. The molecule has 0 fully saturated rings. The molecule has 0 radical (unpaired) electrons. The number of ether oxygens (including phenoxy) is 1. The van der Waals surface area contributed by atoms with Crippen molar-refractivity contribution in [3.8, 4) is 5.75 Å². The van der Waals surface area contributed by atoms with Crippen LogP contribution in [0.4, 0.5) is 11.5 Å². The number of hydrogen-bond acceptors (Lipinski definition) is 4. The van der Waals surface area contributed by atoms with Crippen LogP contribution < -0.4 is 15.8 Å². The van der Waals surface area contributed by atoms with Crippen molar-refractivity contribution in [2.24, 2.45) is 5.73 Å². The molecule has 0 aliphatic carbocycles. The van der Waals surface area contributed by atoms with Gasteiger partial charge in [-0.05, 0) is 41.8 Å². The lowest BCUT2D eigenvalue weighted by molar-refractivity contribution is 0.419. The first kappa shape index (κ1) is 18.0. The molecule has 1 aromatic heterocycles. The molecular formula is C24H23N3O. The second-order valence-corrected chi connectivity index (χ2v) is 6.77. The van der Waals surface area contributed by atoms with Gasteiger partial charge in [-0.2, -0.15) is 0 Å². The highest BCUT2D eigenvalue weighted by molar-refractivity contribution is 5.87. The van der Waals surface area contributed by atoms with Crippen molar-refractivity contribution >= 4 is 22.4 Å². The first-order chi connectivity index (χ1) is 13.7. The van der Waals surface area contributed by atoms with Gasteiger partial charge < -0.3 is 15.8 Å². The van der Waals surface area contributed by atoms with Gasteiger partial charge in [-0.1, -0.05) is 54.6 Å². The normalized spacial score (nSPS) is 11.9. The van der Waals surface area contributed by atoms with Crippen LogP contribution in [0.5, 0.6) is 5.75 Å². The number of fused-ring (bicyclic) bond motifs is 1. The molecule has 4 rings (SSSR count). The molecule has 1 unspecified atom stereocenters. The monoisotopic (exact) mass is 369 g/mol. The Labute approximate surface area is 165 Å². The highest BCUT2D eigenvalue weighted by Gasteiger charge is 2.09. The molecular weight excluding hydrogens is 346 g/mol. The predicted molar refractivity (Wildman–Crippen MR) is 115 cm³/mol. The van der Waals surface area contributed by atoms with Crippen LogP contribution in [-0.4, -0.2) is 12.1 Å². The molecule has 0 saturated carbocycles. The maximum absolute atomic E-state index is 6.38. The summed E-state index contributed by atoms with van der Waals surface area (Å²) in [6.45, 7) is 0. The van der Waals surface area contributed by atoms with E-state index in [0.29, 0.717) is 0 Å². The Hall–Kier alpha value is -3.37. The van der Waals surface area contributed by atoms with Crippen LogP contribution in [0.15, 0.2) is 84.9 Å². The van der Waals surface area contributed by atoms with Gasteiger partial charge in [-0.15, -0.1) is 0 Å². The third-order valence-corrected chi connectivity index (χ3v) is 4.81. The summed E-state index contributed by atoms with van der Waals surface area (Å²) in [5, 5.41) is 4.35. The summed E-state index contributed by atoms with van der Waals surface area (Å²) in [5.74, 6) is 1.55. The fraction of sp³-hybridized carbons (Fsp3) is 0.125. The zero-order valence-corrected chi connectivity index (χ0v) is 15.8. The highest BCUT2D eigenvalue weighted by Crippen LogP contribution is 2.29. The molecule has 1 heterocycles. The molecule has 1 atom stereocenters. The van der Waals surface area contributed by atoms with Crippen molar-refractivity contribution in [3.05, 3.63) is 96.1 Å². The average molecular weight is 369 g/mol. The number of hydrogen-bond donors (Lipinski definition) is 2. The van der Waals surface area contributed by atoms with E-state index in [1.54, 1.807) is 7.11 Å². The van der Waals surface area contributed by atoms with Gasteiger partial charge in [0.15, 0.2) is 0 Å². The molecule has 4 aromatic rings. The lowest BCUT2D eigenvalue weighted by Crippen LogP contribution is -2.13. The fourth-order valence-electron chi connectivity index (χ4n) is 3.32. The van der Waals surface area contributed by atoms with Crippen LogP contribution >= 0.6 is 0 Å². The molecule has 4 heteroatoms. The maximum Gasteiger partial charge on any atom is 0.134 e. The van der Waals surface area contributed by atoms with Gasteiger partial charge in [0.05, 0.1) is 12.6 Å². The van der Waals surface area contributed by atoms with E-state index in [-0.39, 0.29) is 6.04 Å². The molecule has 3 aromatic carbocycles. The third-order valence-electron chi connectivity index (χ3n) is 4.81. The van der Waals surface area contributed by atoms with Crippen LogP contribution in [0.2, 0.25) is 0 Å². The fourth-order valence-corrected chi connectivity index (χ4v) is 3.32. The molecule has 140 valence electrons. The highest BCUT2D eigenvalue weighted by atomic mass is 16.5. The van der Waals surface area contributed by atoms with Gasteiger partial charge in [-0.25, -0.2) is 4.98 Å². The van der Waals surface area contributed by atoms with Gasteiger partial charge in [-0.3, -0.25) is 0 Å². The largest absolute Gasteiger partial charge is 0.496 e. The third kappa shape index (κ3) is 3.97. The quantitative estimate of drug-likeness (QED) is 0.489. The SMILES string of the molecule is COc1cc(Nc2ccc(C(N)Cc3ccccc3)cc2)nc2ccccc12. The number of nitrogens with zero attached hydrogens (tertiary/aromatic N) is 1. The number of para-hydroxylation sites is 1. The van der Waals surface area contributed by atoms with Crippen molar-refractivity contribution < 1.29 is 4.74 Å². The number of nitrogens with one attached hydrogen (secondary N) is 1. The zero-order chi connectivity index (χ0) is 19.3. The summed E-state index contributed by atoms with van der Waals surface area (Å²) in [6.07, 6.45) is 0.817. The summed E-state index contributed by atoms with van der Waals surface area (Å²) < 4.78 is 5.52. The van der Waals surface area contributed by atoms with E-state index in [4.69, 9.17) is 10.5 Å². The Morgan fingerprint density at radius 3 is 2.39 bits per heavy atom. The zero-order valence-electron chi connectivity index (χ0n) is 15.8. The first-order valence-corrected chi connectivity index (χ1v) is 9.33. The first-order valence-electron chi connectivity index (χ1n) is 9.33. The Balaban J connectivity index is 1.51. The van der Waals surface area contributed by atoms with Crippen LogP contribution in [-0.2, 0) is 6.42 Å². The summed E-state index contributed by atoms with van der Waals surface area (Å²) in [5.41, 5.74) is 10.6. The molecule has 4 nitrogen and oxygen atoms in total. The van der Waals surface area contributed by atoms with Crippen LogP contribution in [0.1, 0.15) is 17.2 Å². The van der Waals surface area contributed by atoms with E-state index in [9.17, 15) is 0 Å². The summed E-state index contributed by atoms with van der Waals surface area (Å²) in [4.78, 5) is 4.68. The summed E-state index contributed by atoms with van der Waals surface area (Å²) in [6, 6.07) is 28.3. The number of nitrogens with two attached hydrogens (primary N) is 1. The predicted octanol–water partition coefficient (Wildman–Crippen LogP) is 5.23. The van der Waals surface area contributed by atoms with E-state index in [2.05, 4.69) is 34.6 Å². The minimum Gasteiger partial charge on any atom is -0.496 e. The van der Waals surface area contributed by atoms with E-state index in [1.807, 2.05) is 60.7 Å². The molecule has 3 N–H and O–H groups in total. The van der Waals surface area contributed by atoms with Gasteiger partial charge in [0, 0.05) is 23.2 Å². The Bertz CT molecular complexity index is 1060. The standard InChI is InChI=1S/C24H23N3O/c1-28-23-16-24(27-22-10-6-5-9-20(22)23)26-19-13-11-18(12-14-19)21(25)15-17-7-3-2-4-8-17/h2-14,16,21H,15,25H2,1H3,(H,26,27). The smallest absolute Gasteiger partial charge is 0.134 e. The van der Waals surface area contributed by atoms with E-state index in [1.165, 1.54) is 5.56 Å². The second kappa shape index (κ2) is 8.11. The number of benzene rings is 3. The number of methoxy groups -OCH3 is 1. The number of aromatic nitrogens is 1. The topological polar surface area (TPSA) is 60.2 Å². The minimum atomic E-state index is -0.0321. The summed E-state index contributed by atoms with van der Waals surface area (Å²) >= 11 is 0. The Kier molecular flexibility index (Phi) is 5.22. The van der Waals surface area contributed by atoms with Crippen molar-refractivity contribution in [2.75, 3.05) is 12.4 Å². The lowest BCUT2D eigenvalue weighted by Gasteiger charge is -2.14. The van der Waals surface area contributed by atoms with Crippen LogP contribution in [0.3, 0.4) is 0 Å². The van der Waals surface area contributed by atoms with Gasteiger partial charge in [0.1, 0.15) is 11.6 Å². The van der Waals surface area contributed by atoms with Gasteiger partial charge >= 0.3 is 0 Å². The van der Waals surface area contributed by atoms with E-state index >= 15 is 0 Å². The number of pyridine rings is 1. The second-order valence-electron chi connectivity index (χ2n) is 6.77. The van der Waals surface area contributed by atoms with Gasteiger partial charge in [0.2, 0.25) is 0 Å². The Morgan fingerprint density at radius 2 is 1.64 bits per heavy atom. The molecule has 0 spiro atoms. The van der Waals surface area contributed by atoms with Crippen LogP contribution in [0.25, 0.3) is 10.9 Å². The average Bonchev–Trinajstić information content (AvgIpc) is 2.74. The molecule has 28 heavy (non-hydrogen) atoms. The summed E-state index contributed by atoms with van der Waals surface area (Å²) in [7, 11) is 1.68. The molecule has 0 aliphatic rings.